The Morgan fingerprint density at radius 1 is 1.50 bits per heavy atom. The number of aliphatic carboxylic acids is 1. The molecule has 70 valence electrons. The fourth-order valence-electron chi connectivity index (χ4n) is 1.98. The third-order valence-corrected chi connectivity index (χ3v) is 2.55. The molecule has 1 fully saturated rings. The van der Waals surface area contributed by atoms with Gasteiger partial charge in [0.05, 0.1) is 6.42 Å². The van der Waals surface area contributed by atoms with Gasteiger partial charge in [0.25, 0.3) is 0 Å². The standard InChI is InChI=1S/C9H17NO2/c10-8(6-9(11)12)5-7-3-1-2-4-7/h7-8H,1-6,10H2,(H,11,12)/t8-/m0/s1. The number of hydrogen-bond donors (Lipinski definition) is 2. The summed E-state index contributed by atoms with van der Waals surface area (Å²) in [6.45, 7) is 0. The molecular formula is C9H17NO2. The van der Waals surface area contributed by atoms with Crippen LogP contribution >= 0.6 is 0 Å². The molecule has 0 spiro atoms. The van der Waals surface area contributed by atoms with E-state index in [0.717, 1.165) is 6.42 Å². The lowest BCUT2D eigenvalue weighted by atomic mass is 9.97. The summed E-state index contributed by atoms with van der Waals surface area (Å²) >= 11 is 0. The van der Waals surface area contributed by atoms with Gasteiger partial charge in [0, 0.05) is 6.04 Å². The smallest absolute Gasteiger partial charge is 0.304 e. The van der Waals surface area contributed by atoms with Crippen molar-refractivity contribution in [2.45, 2.75) is 44.6 Å². The van der Waals surface area contributed by atoms with Gasteiger partial charge < -0.3 is 10.8 Å². The fourth-order valence-corrected chi connectivity index (χ4v) is 1.98. The molecule has 0 radical (unpaired) electrons. The predicted octanol–water partition coefficient (Wildman–Crippen LogP) is 1.37. The zero-order valence-electron chi connectivity index (χ0n) is 7.33. The summed E-state index contributed by atoms with van der Waals surface area (Å²) in [6, 6.07) is -0.134. The molecule has 0 aromatic heterocycles. The van der Waals surface area contributed by atoms with Crippen molar-refractivity contribution in [2.75, 3.05) is 0 Å². The zero-order chi connectivity index (χ0) is 8.97. The average Bonchev–Trinajstić information content (AvgIpc) is 2.37. The van der Waals surface area contributed by atoms with Gasteiger partial charge in [-0.05, 0) is 12.3 Å². The second-order valence-corrected chi connectivity index (χ2v) is 3.74. The van der Waals surface area contributed by atoms with E-state index in [4.69, 9.17) is 10.8 Å². The lowest BCUT2D eigenvalue weighted by Gasteiger charge is -2.13. The molecular weight excluding hydrogens is 154 g/mol. The minimum atomic E-state index is -0.777. The van der Waals surface area contributed by atoms with Crippen molar-refractivity contribution in [2.24, 2.45) is 11.7 Å². The normalized spacial score (nSPS) is 21.1. The first-order valence-corrected chi connectivity index (χ1v) is 4.66. The largest absolute Gasteiger partial charge is 0.481 e. The summed E-state index contributed by atoms with van der Waals surface area (Å²) < 4.78 is 0. The molecule has 0 aromatic rings. The minimum Gasteiger partial charge on any atom is -0.481 e. The topological polar surface area (TPSA) is 63.3 Å². The lowest BCUT2D eigenvalue weighted by Crippen LogP contribution is -2.25. The van der Waals surface area contributed by atoms with Crippen LogP contribution in [0, 0.1) is 5.92 Å². The molecule has 0 bridgehead atoms. The molecule has 1 aliphatic rings. The quantitative estimate of drug-likeness (QED) is 0.671. The molecule has 1 rings (SSSR count). The summed E-state index contributed by atoms with van der Waals surface area (Å²) in [5, 5.41) is 8.48. The van der Waals surface area contributed by atoms with Crippen molar-refractivity contribution in [3.05, 3.63) is 0 Å². The molecule has 0 aliphatic heterocycles. The predicted molar refractivity (Wildman–Crippen MR) is 46.8 cm³/mol. The third kappa shape index (κ3) is 3.22. The van der Waals surface area contributed by atoms with Crippen LogP contribution in [0.15, 0.2) is 0 Å². The minimum absolute atomic E-state index is 0.122. The van der Waals surface area contributed by atoms with E-state index in [1.807, 2.05) is 0 Å². The maximum Gasteiger partial charge on any atom is 0.304 e. The Bertz CT molecular complexity index is 153. The van der Waals surface area contributed by atoms with Gasteiger partial charge in [0.1, 0.15) is 0 Å². The van der Waals surface area contributed by atoms with Crippen LogP contribution < -0.4 is 5.73 Å². The van der Waals surface area contributed by atoms with E-state index in [1.165, 1.54) is 25.7 Å². The second-order valence-electron chi connectivity index (χ2n) is 3.74. The molecule has 12 heavy (non-hydrogen) atoms. The van der Waals surface area contributed by atoms with Crippen molar-refractivity contribution >= 4 is 5.97 Å². The Morgan fingerprint density at radius 2 is 2.08 bits per heavy atom. The van der Waals surface area contributed by atoms with Crippen LogP contribution in [0.2, 0.25) is 0 Å². The van der Waals surface area contributed by atoms with Gasteiger partial charge in [-0.15, -0.1) is 0 Å². The molecule has 3 nitrogen and oxygen atoms in total. The molecule has 0 heterocycles. The highest BCUT2D eigenvalue weighted by Gasteiger charge is 2.19. The van der Waals surface area contributed by atoms with Gasteiger partial charge >= 0.3 is 5.97 Å². The van der Waals surface area contributed by atoms with Crippen molar-refractivity contribution in [1.82, 2.24) is 0 Å². The Kier molecular flexibility index (Phi) is 3.53. The maximum atomic E-state index is 10.3. The van der Waals surface area contributed by atoms with Gasteiger partial charge in [-0.3, -0.25) is 4.79 Å². The van der Waals surface area contributed by atoms with Crippen LogP contribution in [0.25, 0.3) is 0 Å². The molecule has 0 aromatic carbocycles. The summed E-state index contributed by atoms with van der Waals surface area (Å²) in [7, 11) is 0. The average molecular weight is 171 g/mol. The van der Waals surface area contributed by atoms with E-state index < -0.39 is 5.97 Å². The van der Waals surface area contributed by atoms with Crippen molar-refractivity contribution in [1.29, 1.82) is 0 Å². The van der Waals surface area contributed by atoms with E-state index in [0.29, 0.717) is 5.92 Å². The molecule has 3 heteroatoms. The van der Waals surface area contributed by atoms with E-state index >= 15 is 0 Å². The van der Waals surface area contributed by atoms with Crippen LogP contribution in [-0.2, 0) is 4.79 Å². The molecule has 3 N–H and O–H groups in total. The third-order valence-electron chi connectivity index (χ3n) is 2.55. The van der Waals surface area contributed by atoms with Gasteiger partial charge in [-0.25, -0.2) is 0 Å². The molecule has 1 aliphatic carbocycles. The number of carboxylic acids is 1. The Hall–Kier alpha value is -0.570. The highest BCUT2D eigenvalue weighted by Crippen LogP contribution is 2.28. The molecule has 0 amide bonds. The number of nitrogens with two attached hydrogens (primary N) is 1. The summed E-state index contributed by atoms with van der Waals surface area (Å²) in [5.41, 5.74) is 5.67. The van der Waals surface area contributed by atoms with Crippen molar-refractivity contribution < 1.29 is 9.90 Å². The van der Waals surface area contributed by atoms with Crippen LogP contribution in [0.3, 0.4) is 0 Å². The Labute approximate surface area is 72.9 Å². The highest BCUT2D eigenvalue weighted by molar-refractivity contribution is 5.67. The number of hydrogen-bond acceptors (Lipinski definition) is 2. The first kappa shape index (κ1) is 9.52. The first-order chi connectivity index (χ1) is 5.68. The van der Waals surface area contributed by atoms with Crippen LogP contribution in [-0.4, -0.2) is 17.1 Å². The summed E-state index contributed by atoms with van der Waals surface area (Å²) in [6.07, 6.45) is 6.10. The van der Waals surface area contributed by atoms with E-state index in [9.17, 15) is 4.79 Å². The molecule has 0 unspecified atom stereocenters. The van der Waals surface area contributed by atoms with Crippen molar-refractivity contribution in [3.63, 3.8) is 0 Å². The van der Waals surface area contributed by atoms with E-state index in [2.05, 4.69) is 0 Å². The zero-order valence-corrected chi connectivity index (χ0v) is 7.33. The fraction of sp³-hybridized carbons (Fsp3) is 0.889. The highest BCUT2D eigenvalue weighted by atomic mass is 16.4. The Morgan fingerprint density at radius 3 is 2.58 bits per heavy atom. The van der Waals surface area contributed by atoms with Crippen LogP contribution in [0.1, 0.15) is 38.5 Å². The number of carbonyl (C=O) groups is 1. The first-order valence-electron chi connectivity index (χ1n) is 4.66. The monoisotopic (exact) mass is 171 g/mol. The van der Waals surface area contributed by atoms with E-state index in [1.54, 1.807) is 0 Å². The second kappa shape index (κ2) is 4.45. The van der Waals surface area contributed by atoms with Gasteiger partial charge in [-0.1, -0.05) is 25.7 Å². The number of carboxylic acid groups (broad SMARTS) is 1. The van der Waals surface area contributed by atoms with Gasteiger partial charge in [0.15, 0.2) is 0 Å². The van der Waals surface area contributed by atoms with Crippen LogP contribution in [0.4, 0.5) is 0 Å². The summed E-state index contributed by atoms with van der Waals surface area (Å²) in [5.74, 6) is -0.0835. The molecule has 1 saturated carbocycles. The molecule has 1 atom stereocenters. The number of rotatable bonds is 4. The van der Waals surface area contributed by atoms with E-state index in [-0.39, 0.29) is 12.5 Å². The van der Waals surface area contributed by atoms with Gasteiger partial charge in [0.2, 0.25) is 0 Å². The maximum absolute atomic E-state index is 10.3. The Balaban J connectivity index is 2.16. The van der Waals surface area contributed by atoms with Crippen molar-refractivity contribution in [3.8, 4) is 0 Å². The lowest BCUT2D eigenvalue weighted by molar-refractivity contribution is -0.137. The van der Waals surface area contributed by atoms with Crippen LogP contribution in [0.5, 0.6) is 0 Å². The SMILES string of the molecule is N[C@H](CC(=O)O)CC1CCCC1. The van der Waals surface area contributed by atoms with Gasteiger partial charge in [-0.2, -0.15) is 0 Å². The molecule has 0 saturated heterocycles. The summed E-state index contributed by atoms with van der Waals surface area (Å²) in [4.78, 5) is 10.3.